The second-order valence-corrected chi connectivity index (χ2v) is 12.7. The summed E-state index contributed by atoms with van der Waals surface area (Å²) in [6.07, 6.45) is 3.53. The molecule has 2 aromatic heterocycles. The van der Waals surface area contributed by atoms with E-state index in [-0.39, 0.29) is 24.1 Å². The summed E-state index contributed by atoms with van der Waals surface area (Å²) >= 11 is 1.25. The first-order chi connectivity index (χ1) is 20.2. The summed E-state index contributed by atoms with van der Waals surface area (Å²) < 4.78 is 5.52. The maximum Gasteiger partial charge on any atom is 0.410 e. The number of benzene rings is 2. The van der Waals surface area contributed by atoms with Crippen LogP contribution in [0.2, 0.25) is 0 Å². The van der Waals surface area contributed by atoms with Crippen molar-refractivity contribution >= 4 is 56.6 Å². The van der Waals surface area contributed by atoms with Gasteiger partial charge in [-0.2, -0.15) is 0 Å². The van der Waals surface area contributed by atoms with Gasteiger partial charge in [0.2, 0.25) is 0 Å². The van der Waals surface area contributed by atoms with Gasteiger partial charge < -0.3 is 20.3 Å². The normalized spacial score (nSPS) is 16.7. The molecule has 9 nitrogen and oxygen atoms in total. The zero-order valence-electron chi connectivity index (χ0n) is 23.8. The average Bonchev–Trinajstić information content (AvgIpc) is 3.32. The lowest BCUT2D eigenvalue weighted by atomic mass is 10.0. The van der Waals surface area contributed by atoms with Gasteiger partial charge in [0, 0.05) is 25.3 Å². The van der Waals surface area contributed by atoms with E-state index in [0.717, 1.165) is 35.9 Å². The van der Waals surface area contributed by atoms with Crippen LogP contribution in [-0.2, 0) is 11.2 Å². The van der Waals surface area contributed by atoms with Crippen LogP contribution >= 0.6 is 11.3 Å². The van der Waals surface area contributed by atoms with Gasteiger partial charge in [-0.3, -0.25) is 9.69 Å². The second kappa shape index (κ2) is 11.1. The van der Waals surface area contributed by atoms with E-state index < -0.39 is 5.60 Å². The van der Waals surface area contributed by atoms with Crippen LogP contribution in [0.4, 0.5) is 26.7 Å². The van der Waals surface area contributed by atoms with Gasteiger partial charge in [-0.25, -0.2) is 14.6 Å². The van der Waals surface area contributed by atoms with Gasteiger partial charge in [-0.05, 0) is 69.4 Å². The van der Waals surface area contributed by atoms with E-state index >= 15 is 0 Å². The molecule has 0 bridgehead atoms. The number of nitrogens with one attached hydrogen (secondary N) is 2. The molecule has 2 N–H and O–H groups in total. The van der Waals surface area contributed by atoms with E-state index in [1.165, 1.54) is 16.9 Å². The van der Waals surface area contributed by atoms with E-state index in [1.807, 2.05) is 69.3 Å². The van der Waals surface area contributed by atoms with Gasteiger partial charge in [0.1, 0.15) is 15.3 Å². The zero-order chi connectivity index (χ0) is 29.4. The minimum Gasteiger partial charge on any atom is -0.444 e. The van der Waals surface area contributed by atoms with Crippen LogP contribution in [0.1, 0.15) is 54.4 Å². The number of likely N-dealkylation sites (tertiary alicyclic amines) is 1. The summed E-state index contributed by atoms with van der Waals surface area (Å²) in [6.45, 7) is 6.45. The van der Waals surface area contributed by atoms with E-state index in [4.69, 9.17) is 4.74 Å². The molecule has 0 saturated carbocycles. The number of carbonyl (C=O) groups is 3. The number of anilines is 3. The van der Waals surface area contributed by atoms with Gasteiger partial charge in [0.25, 0.3) is 5.91 Å². The van der Waals surface area contributed by atoms with Crippen molar-refractivity contribution in [1.29, 1.82) is 0 Å². The molecule has 1 saturated heterocycles. The summed E-state index contributed by atoms with van der Waals surface area (Å²) in [4.78, 5) is 48.6. The van der Waals surface area contributed by atoms with Crippen molar-refractivity contribution in [2.45, 2.75) is 51.7 Å². The molecule has 0 aliphatic carbocycles. The van der Waals surface area contributed by atoms with Gasteiger partial charge in [-0.1, -0.05) is 42.5 Å². The van der Waals surface area contributed by atoms with Gasteiger partial charge in [0.15, 0.2) is 0 Å². The van der Waals surface area contributed by atoms with Crippen LogP contribution in [0.15, 0.2) is 66.9 Å². The van der Waals surface area contributed by atoms with E-state index in [0.29, 0.717) is 34.2 Å². The molecular formula is C32H33N5O4S. The third-order valence-corrected chi connectivity index (χ3v) is 8.38. The average molecular weight is 584 g/mol. The molecule has 216 valence electrons. The Morgan fingerprint density at radius 2 is 1.88 bits per heavy atom. The molecule has 4 aromatic rings. The fourth-order valence-electron chi connectivity index (χ4n) is 5.48. The number of hydrogen-bond donors (Lipinski definition) is 2. The van der Waals surface area contributed by atoms with Gasteiger partial charge in [0.05, 0.1) is 22.4 Å². The Bertz CT molecular complexity index is 1660. The van der Waals surface area contributed by atoms with Crippen LogP contribution in [0.25, 0.3) is 10.2 Å². The van der Waals surface area contributed by atoms with Crippen molar-refractivity contribution in [1.82, 2.24) is 15.2 Å². The largest absolute Gasteiger partial charge is 0.444 e. The number of ether oxygens (including phenoxy) is 1. The summed E-state index contributed by atoms with van der Waals surface area (Å²) in [6, 6.07) is 19.4. The second-order valence-electron chi connectivity index (χ2n) is 11.7. The number of rotatable bonds is 5. The highest BCUT2D eigenvalue weighted by molar-refractivity contribution is 7.21. The minimum absolute atomic E-state index is 0.230. The maximum atomic E-state index is 13.6. The predicted octanol–water partition coefficient (Wildman–Crippen LogP) is 6.70. The third kappa shape index (κ3) is 5.67. The van der Waals surface area contributed by atoms with Crippen LogP contribution in [0.5, 0.6) is 0 Å². The molecule has 2 aliphatic heterocycles. The molecule has 10 heteroatoms. The van der Waals surface area contributed by atoms with E-state index in [2.05, 4.69) is 27.8 Å². The molecule has 0 unspecified atom stereocenters. The number of nitrogens with zero attached hydrogens (tertiary/aromatic N) is 3. The first-order valence-corrected chi connectivity index (χ1v) is 14.9. The smallest absolute Gasteiger partial charge is 0.410 e. The van der Waals surface area contributed by atoms with Crippen molar-refractivity contribution in [3.8, 4) is 0 Å². The molecule has 0 radical (unpaired) electrons. The highest BCUT2D eigenvalue weighted by atomic mass is 32.1. The number of amides is 4. The molecule has 0 spiro atoms. The first kappa shape index (κ1) is 27.7. The van der Waals surface area contributed by atoms with Crippen molar-refractivity contribution in [3.63, 3.8) is 0 Å². The number of pyridine rings is 1. The highest BCUT2D eigenvalue weighted by Gasteiger charge is 2.34. The van der Waals surface area contributed by atoms with Crippen LogP contribution in [-0.4, -0.2) is 52.6 Å². The number of thiophene rings is 1. The van der Waals surface area contributed by atoms with Crippen LogP contribution in [0.3, 0.4) is 0 Å². The minimum atomic E-state index is -0.590. The maximum absolute atomic E-state index is 13.6. The molecule has 2 aliphatic rings. The van der Waals surface area contributed by atoms with Crippen molar-refractivity contribution in [2.75, 3.05) is 23.3 Å². The molecule has 2 aromatic carbocycles. The Balaban J connectivity index is 1.25. The standard InChI is InChI=1S/C32H33N5O4S/c1-32(2,3)41-31(40)36-16-8-12-22(19-36)34-28(38)27-26-25-24(14-15-33-29(25)42-27)37(30(39)35-26)23-13-7-11-21(18-23)17-20-9-5-4-6-10-20/h4-7,9-11,13-15,18,22H,8,12,16-17,19H2,1-3H3,(H,34,38)(H,35,39)/t22-/m1/s1. The van der Waals surface area contributed by atoms with E-state index in [9.17, 15) is 14.4 Å². The molecule has 42 heavy (non-hydrogen) atoms. The number of hydrogen-bond acceptors (Lipinski definition) is 6. The summed E-state index contributed by atoms with van der Waals surface area (Å²) in [5.74, 6) is -0.298. The fraction of sp³-hybridized carbons (Fsp3) is 0.312. The zero-order valence-corrected chi connectivity index (χ0v) is 24.7. The van der Waals surface area contributed by atoms with Crippen molar-refractivity contribution in [3.05, 3.63) is 82.9 Å². The molecule has 4 amide bonds. The Morgan fingerprint density at radius 1 is 1.10 bits per heavy atom. The lowest BCUT2D eigenvalue weighted by Crippen LogP contribution is -2.50. The van der Waals surface area contributed by atoms with Gasteiger partial charge in [-0.15, -0.1) is 11.3 Å². The predicted molar refractivity (Wildman–Crippen MR) is 165 cm³/mol. The molecule has 6 rings (SSSR count). The van der Waals surface area contributed by atoms with E-state index in [1.54, 1.807) is 16.0 Å². The Morgan fingerprint density at radius 3 is 2.67 bits per heavy atom. The topological polar surface area (TPSA) is 104 Å². The fourth-order valence-corrected chi connectivity index (χ4v) is 6.50. The lowest BCUT2D eigenvalue weighted by molar-refractivity contribution is 0.0185. The van der Waals surface area contributed by atoms with Gasteiger partial charge >= 0.3 is 12.1 Å². The molecule has 1 fully saturated rings. The van der Waals surface area contributed by atoms with Crippen LogP contribution < -0.4 is 15.5 Å². The number of urea groups is 1. The first-order valence-electron chi connectivity index (χ1n) is 14.1. The number of carbonyl (C=O) groups excluding carboxylic acids is 3. The molecular weight excluding hydrogens is 550 g/mol. The monoisotopic (exact) mass is 583 g/mol. The molecule has 1 atom stereocenters. The molecule has 4 heterocycles. The lowest BCUT2D eigenvalue weighted by Gasteiger charge is -2.34. The SMILES string of the molecule is CC(C)(C)OC(=O)N1CCC[C@@H](NC(=O)c2sc3nccc4c3c2NC(=O)N4c2cccc(Cc3ccccc3)c2)C1. The highest BCUT2D eigenvalue weighted by Crippen LogP contribution is 2.45. The summed E-state index contributed by atoms with van der Waals surface area (Å²) in [5, 5.41) is 6.79. The van der Waals surface area contributed by atoms with Crippen molar-refractivity contribution < 1.29 is 19.1 Å². The Kier molecular flexibility index (Phi) is 7.32. The van der Waals surface area contributed by atoms with Crippen LogP contribution in [0, 0.1) is 0 Å². The number of piperidine rings is 1. The van der Waals surface area contributed by atoms with Crippen molar-refractivity contribution in [2.24, 2.45) is 0 Å². The summed E-state index contributed by atoms with van der Waals surface area (Å²) in [7, 11) is 0. The summed E-state index contributed by atoms with van der Waals surface area (Å²) in [5.41, 5.74) is 3.57. The number of aromatic nitrogens is 1. The Labute approximate surface area is 248 Å². The third-order valence-electron chi connectivity index (χ3n) is 7.28. The Hall–Kier alpha value is -4.44. The quantitative estimate of drug-likeness (QED) is 0.272.